The van der Waals surface area contributed by atoms with Crippen LogP contribution in [0.5, 0.6) is 5.75 Å². The SMILES string of the molecule is CCNC(=O)[C@H](CC)N(Cc1ccc(OC)cc1)C(=O)Cc1ccccc1. The van der Waals surface area contributed by atoms with E-state index in [0.717, 1.165) is 16.9 Å². The van der Waals surface area contributed by atoms with E-state index < -0.39 is 6.04 Å². The Kier molecular flexibility index (Phi) is 7.86. The summed E-state index contributed by atoms with van der Waals surface area (Å²) in [4.78, 5) is 27.3. The van der Waals surface area contributed by atoms with Crippen LogP contribution in [-0.4, -0.2) is 36.4 Å². The van der Waals surface area contributed by atoms with Crippen LogP contribution in [0.1, 0.15) is 31.4 Å². The minimum Gasteiger partial charge on any atom is -0.497 e. The van der Waals surface area contributed by atoms with Crippen molar-refractivity contribution in [2.24, 2.45) is 0 Å². The number of nitrogens with zero attached hydrogens (tertiary/aromatic N) is 1. The number of ether oxygens (including phenoxy) is 1. The van der Waals surface area contributed by atoms with Gasteiger partial charge in [-0.3, -0.25) is 9.59 Å². The van der Waals surface area contributed by atoms with Crippen molar-refractivity contribution in [3.8, 4) is 5.75 Å². The van der Waals surface area contributed by atoms with Gasteiger partial charge in [-0.05, 0) is 36.6 Å². The molecule has 0 aliphatic carbocycles. The highest BCUT2D eigenvalue weighted by molar-refractivity contribution is 5.88. The second-order valence-electron chi connectivity index (χ2n) is 6.35. The molecule has 0 saturated carbocycles. The molecule has 0 bridgehead atoms. The van der Waals surface area contributed by atoms with Crippen molar-refractivity contribution in [2.45, 2.75) is 39.3 Å². The molecule has 0 aromatic heterocycles. The Balaban J connectivity index is 2.25. The molecule has 2 aromatic carbocycles. The molecule has 144 valence electrons. The lowest BCUT2D eigenvalue weighted by molar-refractivity contribution is -0.140. The second kappa shape index (κ2) is 10.4. The molecule has 0 heterocycles. The van der Waals surface area contributed by atoms with Gasteiger partial charge in [-0.25, -0.2) is 0 Å². The maximum atomic E-state index is 13.1. The molecule has 0 aliphatic rings. The van der Waals surface area contributed by atoms with Crippen LogP contribution in [0.15, 0.2) is 54.6 Å². The Labute approximate surface area is 161 Å². The van der Waals surface area contributed by atoms with Gasteiger partial charge in [0.1, 0.15) is 11.8 Å². The number of benzene rings is 2. The smallest absolute Gasteiger partial charge is 0.242 e. The number of hydrogen-bond donors (Lipinski definition) is 1. The van der Waals surface area contributed by atoms with Gasteiger partial charge in [-0.15, -0.1) is 0 Å². The van der Waals surface area contributed by atoms with Crippen LogP contribution in [-0.2, 0) is 22.6 Å². The van der Waals surface area contributed by atoms with Crippen LogP contribution >= 0.6 is 0 Å². The molecule has 1 N–H and O–H groups in total. The minimum atomic E-state index is -0.497. The van der Waals surface area contributed by atoms with Gasteiger partial charge in [0.25, 0.3) is 0 Å². The summed E-state index contributed by atoms with van der Waals surface area (Å²) in [7, 11) is 1.62. The Morgan fingerprint density at radius 3 is 2.22 bits per heavy atom. The second-order valence-corrected chi connectivity index (χ2v) is 6.35. The van der Waals surface area contributed by atoms with Crippen molar-refractivity contribution in [3.63, 3.8) is 0 Å². The Bertz CT molecular complexity index is 729. The van der Waals surface area contributed by atoms with Crippen LogP contribution < -0.4 is 10.1 Å². The summed E-state index contributed by atoms with van der Waals surface area (Å²) in [5.74, 6) is 0.585. The van der Waals surface area contributed by atoms with Gasteiger partial charge < -0.3 is 15.0 Å². The summed E-state index contributed by atoms with van der Waals surface area (Å²) in [6.07, 6.45) is 0.829. The van der Waals surface area contributed by atoms with Crippen LogP contribution in [0.4, 0.5) is 0 Å². The average Bonchev–Trinajstić information content (AvgIpc) is 2.69. The third-order valence-corrected chi connectivity index (χ3v) is 4.45. The van der Waals surface area contributed by atoms with Crippen molar-refractivity contribution in [1.29, 1.82) is 0 Å². The number of nitrogens with one attached hydrogen (secondary N) is 1. The monoisotopic (exact) mass is 368 g/mol. The van der Waals surface area contributed by atoms with E-state index in [1.165, 1.54) is 0 Å². The molecule has 2 amide bonds. The van der Waals surface area contributed by atoms with E-state index in [9.17, 15) is 9.59 Å². The maximum absolute atomic E-state index is 13.1. The van der Waals surface area contributed by atoms with Crippen LogP contribution in [0.25, 0.3) is 0 Å². The molecule has 1 atom stereocenters. The molecule has 0 spiro atoms. The lowest BCUT2D eigenvalue weighted by atomic mass is 10.1. The first-order valence-electron chi connectivity index (χ1n) is 9.33. The van der Waals surface area contributed by atoms with Gasteiger partial charge >= 0.3 is 0 Å². The van der Waals surface area contributed by atoms with E-state index in [-0.39, 0.29) is 18.2 Å². The molecular formula is C22H28N2O3. The van der Waals surface area contributed by atoms with Crippen LogP contribution in [0.3, 0.4) is 0 Å². The largest absolute Gasteiger partial charge is 0.497 e. The predicted molar refractivity (Wildman–Crippen MR) is 106 cm³/mol. The van der Waals surface area contributed by atoms with Crippen molar-refractivity contribution < 1.29 is 14.3 Å². The van der Waals surface area contributed by atoms with Gasteiger partial charge in [0.15, 0.2) is 0 Å². The lowest BCUT2D eigenvalue weighted by Gasteiger charge is -2.30. The first kappa shape index (κ1) is 20.5. The van der Waals surface area contributed by atoms with Crippen molar-refractivity contribution >= 4 is 11.8 Å². The predicted octanol–water partition coefficient (Wildman–Crippen LogP) is 3.18. The highest BCUT2D eigenvalue weighted by atomic mass is 16.5. The summed E-state index contributed by atoms with van der Waals surface area (Å²) < 4.78 is 5.19. The van der Waals surface area contributed by atoms with Gasteiger partial charge in [0.05, 0.1) is 13.5 Å². The first-order chi connectivity index (χ1) is 13.1. The molecule has 2 aromatic rings. The van der Waals surface area contributed by atoms with E-state index in [4.69, 9.17) is 4.74 Å². The maximum Gasteiger partial charge on any atom is 0.242 e. The summed E-state index contributed by atoms with van der Waals surface area (Å²) in [6.45, 7) is 4.73. The van der Waals surface area contributed by atoms with Gasteiger partial charge in [-0.2, -0.15) is 0 Å². The van der Waals surface area contributed by atoms with E-state index in [1.54, 1.807) is 12.0 Å². The zero-order chi connectivity index (χ0) is 19.6. The van der Waals surface area contributed by atoms with Crippen molar-refractivity contribution in [1.82, 2.24) is 10.2 Å². The Morgan fingerprint density at radius 2 is 1.67 bits per heavy atom. The van der Waals surface area contributed by atoms with Crippen molar-refractivity contribution in [2.75, 3.05) is 13.7 Å². The van der Waals surface area contributed by atoms with E-state index in [1.807, 2.05) is 68.4 Å². The zero-order valence-electron chi connectivity index (χ0n) is 16.3. The summed E-state index contributed by atoms with van der Waals surface area (Å²) in [5.41, 5.74) is 1.90. The fraction of sp³-hybridized carbons (Fsp3) is 0.364. The lowest BCUT2D eigenvalue weighted by Crippen LogP contribution is -2.49. The highest BCUT2D eigenvalue weighted by Gasteiger charge is 2.28. The molecule has 2 rings (SSSR count). The molecule has 0 fully saturated rings. The number of amides is 2. The summed E-state index contributed by atoms with van der Waals surface area (Å²) in [6, 6.07) is 16.7. The summed E-state index contributed by atoms with van der Waals surface area (Å²) in [5, 5.41) is 2.85. The molecule has 0 radical (unpaired) electrons. The standard InChI is InChI=1S/C22H28N2O3/c1-4-20(22(26)23-5-2)24(16-18-11-13-19(27-3)14-12-18)21(25)15-17-9-7-6-8-10-17/h6-14,20H,4-5,15-16H2,1-3H3,(H,23,26)/t20-/m0/s1. The Hall–Kier alpha value is -2.82. The molecule has 5 heteroatoms. The zero-order valence-corrected chi connectivity index (χ0v) is 16.3. The number of hydrogen-bond acceptors (Lipinski definition) is 3. The Morgan fingerprint density at radius 1 is 1.00 bits per heavy atom. The molecule has 5 nitrogen and oxygen atoms in total. The fourth-order valence-electron chi connectivity index (χ4n) is 3.01. The van der Waals surface area contributed by atoms with E-state index in [0.29, 0.717) is 19.5 Å². The summed E-state index contributed by atoms with van der Waals surface area (Å²) >= 11 is 0. The number of methoxy groups -OCH3 is 1. The van der Waals surface area contributed by atoms with E-state index >= 15 is 0 Å². The fourth-order valence-corrected chi connectivity index (χ4v) is 3.01. The third kappa shape index (κ3) is 5.84. The molecule has 27 heavy (non-hydrogen) atoms. The average molecular weight is 368 g/mol. The van der Waals surface area contributed by atoms with E-state index in [2.05, 4.69) is 5.32 Å². The molecule has 0 aliphatic heterocycles. The van der Waals surface area contributed by atoms with Gasteiger partial charge in [-0.1, -0.05) is 49.4 Å². The molecule has 0 unspecified atom stereocenters. The number of rotatable bonds is 9. The quantitative estimate of drug-likeness (QED) is 0.740. The number of carbonyl (C=O) groups excluding carboxylic acids is 2. The normalized spacial score (nSPS) is 11.5. The van der Waals surface area contributed by atoms with Gasteiger partial charge in [0, 0.05) is 13.1 Å². The van der Waals surface area contributed by atoms with Crippen LogP contribution in [0, 0.1) is 0 Å². The minimum absolute atomic E-state index is 0.0601. The van der Waals surface area contributed by atoms with Crippen molar-refractivity contribution in [3.05, 3.63) is 65.7 Å². The topological polar surface area (TPSA) is 58.6 Å². The van der Waals surface area contributed by atoms with Crippen LogP contribution in [0.2, 0.25) is 0 Å². The number of carbonyl (C=O) groups is 2. The third-order valence-electron chi connectivity index (χ3n) is 4.45. The number of likely N-dealkylation sites (N-methyl/N-ethyl adjacent to an activating group) is 1. The molecular weight excluding hydrogens is 340 g/mol. The highest BCUT2D eigenvalue weighted by Crippen LogP contribution is 2.17. The molecule has 0 saturated heterocycles. The first-order valence-corrected chi connectivity index (χ1v) is 9.33. The van der Waals surface area contributed by atoms with Gasteiger partial charge in [0.2, 0.25) is 11.8 Å².